The Balaban J connectivity index is 0.935. The van der Waals surface area contributed by atoms with Crippen molar-refractivity contribution < 1.29 is 14.4 Å². The lowest BCUT2D eigenvalue weighted by Gasteiger charge is -2.43. The predicted octanol–water partition coefficient (Wildman–Crippen LogP) is 5.75. The van der Waals surface area contributed by atoms with Gasteiger partial charge in [-0.05, 0) is 115 Å². The molecule has 0 spiro atoms. The van der Waals surface area contributed by atoms with Gasteiger partial charge in [0.15, 0.2) is 5.78 Å². The molecule has 2 aromatic rings. The zero-order chi connectivity index (χ0) is 34.5. The van der Waals surface area contributed by atoms with Crippen molar-refractivity contribution in [2.45, 2.75) is 63.6 Å². The van der Waals surface area contributed by atoms with Crippen LogP contribution < -0.4 is 10.2 Å². The van der Waals surface area contributed by atoms with Gasteiger partial charge < -0.3 is 29.8 Å². The summed E-state index contributed by atoms with van der Waals surface area (Å²) >= 11 is 7.55. The number of anilines is 2. The van der Waals surface area contributed by atoms with Gasteiger partial charge in [0.25, 0.3) is 0 Å². The molecule has 1 N–H and O–H groups in total. The summed E-state index contributed by atoms with van der Waals surface area (Å²) in [5.74, 6) is -0.0250. The fourth-order valence-corrected chi connectivity index (χ4v) is 9.60. The third kappa shape index (κ3) is 9.05. The van der Waals surface area contributed by atoms with Crippen LogP contribution in [0.3, 0.4) is 0 Å². The summed E-state index contributed by atoms with van der Waals surface area (Å²) in [6.07, 6.45) is 5.35. The first kappa shape index (κ1) is 36.3. The first-order valence-electron chi connectivity index (χ1n) is 18.0. The van der Waals surface area contributed by atoms with E-state index in [0.29, 0.717) is 31.2 Å². The van der Waals surface area contributed by atoms with E-state index in [0.717, 1.165) is 84.3 Å². The average Bonchev–Trinajstić information content (AvgIpc) is 3.10. The first-order valence-corrected chi connectivity index (χ1v) is 19.6. The maximum Gasteiger partial charge on any atom is 0.322 e. The van der Waals surface area contributed by atoms with Crippen LogP contribution in [0.25, 0.3) is 0 Å². The number of carbonyl (C=O) groups is 3. The molecule has 0 aromatic heterocycles. The van der Waals surface area contributed by atoms with Crippen molar-refractivity contribution in [1.82, 2.24) is 24.5 Å². The molecule has 2 aromatic carbocycles. The second-order valence-electron chi connectivity index (χ2n) is 14.3. The molecule has 0 saturated carbocycles. The Morgan fingerprint density at radius 3 is 2.18 bits per heavy atom. The molecule has 12 heteroatoms. The van der Waals surface area contributed by atoms with Gasteiger partial charge in [-0.1, -0.05) is 18.2 Å². The van der Waals surface area contributed by atoms with E-state index >= 15 is 0 Å². The molecule has 3 saturated heterocycles. The van der Waals surface area contributed by atoms with E-state index in [2.05, 4.69) is 70.9 Å². The minimum absolute atomic E-state index is 0.00334. The Kier molecular flexibility index (Phi) is 12.3. The van der Waals surface area contributed by atoms with Crippen molar-refractivity contribution in [2.24, 2.45) is 0 Å². The monoisotopic (exact) mass is 799 g/mol. The van der Waals surface area contributed by atoms with Gasteiger partial charge in [0.05, 0.1) is 5.69 Å². The highest BCUT2D eigenvalue weighted by Gasteiger charge is 2.33. The molecule has 0 atom stereocenters. The van der Waals surface area contributed by atoms with Crippen molar-refractivity contribution in [3.8, 4) is 0 Å². The Hall–Kier alpha value is -2.51. The van der Waals surface area contributed by atoms with E-state index in [4.69, 9.17) is 0 Å². The number of hydrogen-bond acceptors (Lipinski definition) is 7. The van der Waals surface area contributed by atoms with Gasteiger partial charge in [-0.2, -0.15) is 0 Å². The summed E-state index contributed by atoms with van der Waals surface area (Å²) in [4.78, 5) is 52.9. The largest absolute Gasteiger partial charge is 0.370 e. The van der Waals surface area contributed by atoms with Crippen molar-refractivity contribution in [2.75, 3.05) is 89.8 Å². The maximum atomic E-state index is 13.3. The number of amides is 3. The zero-order valence-electron chi connectivity index (χ0n) is 29.0. The number of carbonyl (C=O) groups excluding carboxylic acids is 3. The number of Topliss-reactive ketones (excluding diaryl/α,β-unsaturated/α-hetero) is 1. The molecule has 0 aliphatic carbocycles. The molecule has 3 fully saturated rings. The van der Waals surface area contributed by atoms with Crippen LogP contribution in [0.2, 0.25) is 0 Å². The molecule has 0 bridgehead atoms. The number of ketones is 1. The van der Waals surface area contributed by atoms with Gasteiger partial charge in [-0.25, -0.2) is 4.79 Å². The number of benzene rings is 2. The topological polar surface area (TPSA) is 82.7 Å². The number of fused-ring (bicyclic) bond motifs is 1. The number of piperazine rings is 1. The van der Waals surface area contributed by atoms with Crippen LogP contribution in [-0.4, -0.2) is 134 Å². The van der Waals surface area contributed by atoms with Crippen molar-refractivity contribution in [1.29, 1.82) is 0 Å². The smallest absolute Gasteiger partial charge is 0.322 e. The van der Waals surface area contributed by atoms with Gasteiger partial charge in [-0.3, -0.25) is 14.5 Å². The third-order valence-electron chi connectivity index (χ3n) is 10.8. The molecule has 266 valence electrons. The van der Waals surface area contributed by atoms with Crippen molar-refractivity contribution in [3.05, 3.63) is 56.5 Å². The van der Waals surface area contributed by atoms with Crippen molar-refractivity contribution >= 4 is 61.0 Å². The molecular weight excluding hydrogens is 750 g/mol. The maximum absolute atomic E-state index is 13.3. The van der Waals surface area contributed by atoms with E-state index in [9.17, 15) is 14.4 Å². The molecule has 49 heavy (non-hydrogen) atoms. The Bertz CT molecular complexity index is 1460. The van der Waals surface area contributed by atoms with E-state index in [1.165, 1.54) is 26.1 Å². The van der Waals surface area contributed by atoms with Crippen LogP contribution in [0.4, 0.5) is 16.2 Å². The summed E-state index contributed by atoms with van der Waals surface area (Å²) < 4.78 is 1.82. The lowest BCUT2D eigenvalue weighted by atomic mass is 9.99. The minimum atomic E-state index is -0.0716. The van der Waals surface area contributed by atoms with E-state index in [-0.39, 0.29) is 36.6 Å². The van der Waals surface area contributed by atoms with Gasteiger partial charge in [-0.15, -0.1) is 0 Å². The molecular formula is C37H51Br2N7O3. The van der Waals surface area contributed by atoms with Crippen LogP contribution >= 0.6 is 31.9 Å². The molecule has 10 nitrogen and oxygen atoms in total. The number of para-hydroxylation sites is 1. The number of nitrogens with one attached hydrogen (secondary N) is 1. The average molecular weight is 802 g/mol. The van der Waals surface area contributed by atoms with Gasteiger partial charge >= 0.3 is 6.03 Å². The summed E-state index contributed by atoms with van der Waals surface area (Å²) in [7, 11) is 4.29. The number of nitrogens with zero attached hydrogens (tertiary/aromatic N) is 6. The highest BCUT2D eigenvalue weighted by Crippen LogP contribution is 2.38. The zero-order valence-corrected chi connectivity index (χ0v) is 32.2. The second-order valence-corrected chi connectivity index (χ2v) is 16.0. The van der Waals surface area contributed by atoms with Gasteiger partial charge in [0, 0.05) is 104 Å². The van der Waals surface area contributed by atoms with Gasteiger partial charge in [0.2, 0.25) is 5.91 Å². The van der Waals surface area contributed by atoms with Crippen LogP contribution in [0, 0.1) is 0 Å². The van der Waals surface area contributed by atoms with E-state index in [1.54, 1.807) is 0 Å². The SMILES string of the molecule is CN(C)CCCN1CCN(C2CCN(c3c(Br)cc(C(=O)CCC(=O)N4CCC(N5Cc6ccccc6NC5=O)CC4)cc3Br)CC2)CC1. The fourth-order valence-electron chi connectivity index (χ4n) is 7.91. The third-order valence-corrected chi connectivity index (χ3v) is 12.0. The highest BCUT2D eigenvalue weighted by atomic mass is 79.9. The summed E-state index contributed by atoms with van der Waals surface area (Å²) in [6, 6.07) is 12.4. The quantitative estimate of drug-likeness (QED) is 0.290. The number of halogens is 2. The van der Waals surface area contributed by atoms with Crippen LogP contribution in [-0.2, 0) is 11.3 Å². The molecule has 0 radical (unpaired) electrons. The first-order chi connectivity index (χ1) is 23.7. The minimum Gasteiger partial charge on any atom is -0.370 e. The number of urea groups is 1. The summed E-state index contributed by atoms with van der Waals surface area (Å²) in [5, 5.41) is 3.00. The summed E-state index contributed by atoms with van der Waals surface area (Å²) in [5.41, 5.74) is 3.71. The molecule has 4 heterocycles. The normalized spacial score (nSPS) is 20.1. The lowest BCUT2D eigenvalue weighted by Crippen LogP contribution is -2.53. The van der Waals surface area contributed by atoms with Gasteiger partial charge in [0.1, 0.15) is 0 Å². The van der Waals surface area contributed by atoms with E-state index in [1.807, 2.05) is 46.2 Å². The number of hydrogen-bond donors (Lipinski definition) is 1. The van der Waals surface area contributed by atoms with E-state index < -0.39 is 0 Å². The number of rotatable bonds is 11. The standard InChI is InChI=1S/C37H51Br2N7O3/c1-41(2)14-5-15-42-20-22-43(23-21-42)29-10-18-45(19-11-29)36-31(38)24-28(25-32(36)39)34(47)8-9-35(48)44-16-12-30(13-17-44)46-26-27-6-3-4-7-33(27)40-37(46)49/h3-4,6-7,24-25,29-30H,5,8-23,26H2,1-2H3,(H,40,49). The highest BCUT2D eigenvalue weighted by molar-refractivity contribution is 9.11. The fraction of sp³-hybridized carbons (Fsp3) is 0.595. The van der Waals surface area contributed by atoms with Crippen LogP contribution in [0.5, 0.6) is 0 Å². The van der Waals surface area contributed by atoms with Crippen LogP contribution in [0.1, 0.15) is 60.9 Å². The Morgan fingerprint density at radius 1 is 0.857 bits per heavy atom. The van der Waals surface area contributed by atoms with Crippen LogP contribution in [0.15, 0.2) is 45.3 Å². The van der Waals surface area contributed by atoms with Crippen molar-refractivity contribution in [3.63, 3.8) is 0 Å². The molecule has 6 rings (SSSR count). The molecule has 3 amide bonds. The predicted molar refractivity (Wildman–Crippen MR) is 202 cm³/mol. The summed E-state index contributed by atoms with van der Waals surface area (Å²) in [6.45, 7) is 10.7. The number of likely N-dealkylation sites (tertiary alicyclic amines) is 1. The molecule has 4 aliphatic rings. The number of piperidine rings is 2. The molecule has 4 aliphatic heterocycles. The Morgan fingerprint density at radius 2 is 1.51 bits per heavy atom. The Labute approximate surface area is 308 Å². The lowest BCUT2D eigenvalue weighted by molar-refractivity contribution is -0.132. The molecule has 0 unspecified atom stereocenters. The second kappa shape index (κ2) is 16.7.